The van der Waals surface area contributed by atoms with Crippen LogP contribution in [0, 0.1) is 0 Å². The van der Waals surface area contributed by atoms with E-state index in [0.29, 0.717) is 44.7 Å². The third-order valence-corrected chi connectivity index (χ3v) is 6.53. The highest BCUT2D eigenvalue weighted by atomic mass is 35.5. The van der Waals surface area contributed by atoms with Crippen LogP contribution < -0.4 is 5.32 Å². The summed E-state index contributed by atoms with van der Waals surface area (Å²) >= 11 is 13.0. The lowest BCUT2D eigenvalue weighted by Crippen LogP contribution is -2.29. The SMILES string of the molecule is COCCOC(=O)C1=C(C)NC(C)=C(c2nc(Cc3ccccc3)no2)C1c1cccc(Cl)c1Cl. The standard InChI is InChI=1S/C26H25Cl2N3O4/c1-15-21(25-30-20(31-35-25)14-17-8-5-4-6-9-17)23(18-10-7-11-19(27)24(18)28)22(16(2)29-15)26(32)34-13-12-33-3/h4-11,23,29H,12-14H2,1-3H3. The zero-order valence-electron chi connectivity index (χ0n) is 19.6. The Balaban J connectivity index is 1.78. The van der Waals surface area contributed by atoms with Gasteiger partial charge in [0.05, 0.1) is 28.1 Å². The molecule has 1 unspecified atom stereocenters. The van der Waals surface area contributed by atoms with Crippen molar-refractivity contribution in [2.24, 2.45) is 0 Å². The van der Waals surface area contributed by atoms with Crippen LogP contribution in [0.25, 0.3) is 5.57 Å². The van der Waals surface area contributed by atoms with E-state index in [1.807, 2.05) is 50.2 Å². The topological polar surface area (TPSA) is 86.5 Å². The fraction of sp³-hybridized carbons (Fsp3) is 0.269. The van der Waals surface area contributed by atoms with Gasteiger partial charge in [0.25, 0.3) is 5.89 Å². The number of ether oxygens (including phenoxy) is 2. The molecule has 4 rings (SSSR count). The van der Waals surface area contributed by atoms with Gasteiger partial charge in [0, 0.05) is 30.5 Å². The van der Waals surface area contributed by atoms with Crippen molar-refractivity contribution in [3.8, 4) is 0 Å². The number of allylic oxidation sites excluding steroid dienone is 3. The molecule has 1 aliphatic rings. The summed E-state index contributed by atoms with van der Waals surface area (Å²) in [4.78, 5) is 17.9. The number of carbonyl (C=O) groups is 1. The van der Waals surface area contributed by atoms with Crippen LogP contribution in [0.15, 0.2) is 70.0 Å². The van der Waals surface area contributed by atoms with Crippen LogP contribution in [0.2, 0.25) is 10.0 Å². The number of nitrogens with one attached hydrogen (secondary N) is 1. The van der Waals surface area contributed by atoms with Crippen LogP contribution in [-0.4, -0.2) is 36.4 Å². The predicted molar refractivity (Wildman–Crippen MR) is 134 cm³/mol. The summed E-state index contributed by atoms with van der Waals surface area (Å²) in [6, 6.07) is 15.2. The number of nitrogens with zero attached hydrogens (tertiary/aromatic N) is 2. The summed E-state index contributed by atoms with van der Waals surface area (Å²) in [6.07, 6.45) is 0.507. The average Bonchev–Trinajstić information content (AvgIpc) is 3.29. The lowest BCUT2D eigenvalue weighted by Gasteiger charge is -2.30. The van der Waals surface area contributed by atoms with Crippen LogP contribution in [-0.2, 0) is 20.7 Å². The summed E-state index contributed by atoms with van der Waals surface area (Å²) < 4.78 is 16.2. The molecule has 0 saturated heterocycles. The number of hydrogen-bond acceptors (Lipinski definition) is 7. The Morgan fingerprint density at radius 1 is 1.06 bits per heavy atom. The number of rotatable bonds is 8. The first-order valence-electron chi connectivity index (χ1n) is 11.1. The van der Waals surface area contributed by atoms with E-state index >= 15 is 0 Å². The quantitative estimate of drug-likeness (QED) is 0.312. The van der Waals surface area contributed by atoms with Gasteiger partial charge in [-0.3, -0.25) is 0 Å². The summed E-state index contributed by atoms with van der Waals surface area (Å²) in [7, 11) is 1.54. The van der Waals surface area contributed by atoms with E-state index in [0.717, 1.165) is 11.3 Å². The third-order valence-electron chi connectivity index (χ3n) is 5.70. The molecule has 2 aromatic carbocycles. The van der Waals surface area contributed by atoms with Crippen molar-refractivity contribution in [3.05, 3.63) is 98.4 Å². The molecule has 1 N–H and O–H groups in total. The van der Waals surface area contributed by atoms with Gasteiger partial charge in [0.1, 0.15) is 6.61 Å². The van der Waals surface area contributed by atoms with E-state index in [1.165, 1.54) is 0 Å². The number of hydrogen-bond donors (Lipinski definition) is 1. The van der Waals surface area contributed by atoms with Crippen molar-refractivity contribution in [1.29, 1.82) is 0 Å². The van der Waals surface area contributed by atoms with Crippen LogP contribution >= 0.6 is 23.2 Å². The number of dihydropyridines is 1. The minimum Gasteiger partial charge on any atom is -0.460 e. The zero-order valence-corrected chi connectivity index (χ0v) is 21.1. The molecular formula is C26H25Cl2N3O4. The van der Waals surface area contributed by atoms with Gasteiger partial charge in [0.2, 0.25) is 0 Å². The molecule has 0 fully saturated rings. The smallest absolute Gasteiger partial charge is 0.336 e. The summed E-state index contributed by atoms with van der Waals surface area (Å²) in [5.74, 6) is -0.320. The Morgan fingerprint density at radius 3 is 2.57 bits per heavy atom. The maximum atomic E-state index is 13.3. The second-order valence-electron chi connectivity index (χ2n) is 8.09. The van der Waals surface area contributed by atoms with E-state index in [4.69, 9.17) is 37.2 Å². The maximum absolute atomic E-state index is 13.3. The summed E-state index contributed by atoms with van der Waals surface area (Å²) in [5.41, 5.74) is 4.10. The summed E-state index contributed by atoms with van der Waals surface area (Å²) in [6.45, 7) is 4.09. The van der Waals surface area contributed by atoms with Gasteiger partial charge in [-0.25, -0.2) is 4.79 Å². The van der Waals surface area contributed by atoms with Gasteiger partial charge < -0.3 is 19.3 Å². The molecule has 0 radical (unpaired) electrons. The monoisotopic (exact) mass is 513 g/mol. The molecule has 7 nitrogen and oxygen atoms in total. The number of esters is 1. The first-order valence-corrected chi connectivity index (χ1v) is 11.8. The van der Waals surface area contributed by atoms with Gasteiger partial charge in [-0.2, -0.15) is 4.98 Å². The number of aromatic nitrogens is 2. The Hall–Kier alpha value is -3.13. The van der Waals surface area contributed by atoms with Crippen molar-refractivity contribution >= 4 is 34.7 Å². The molecule has 182 valence electrons. The van der Waals surface area contributed by atoms with Crippen molar-refractivity contribution in [2.75, 3.05) is 20.3 Å². The van der Waals surface area contributed by atoms with E-state index in [1.54, 1.807) is 19.2 Å². The van der Waals surface area contributed by atoms with Gasteiger partial charge in [-0.15, -0.1) is 0 Å². The van der Waals surface area contributed by atoms with Crippen LogP contribution in [0.3, 0.4) is 0 Å². The average molecular weight is 514 g/mol. The van der Waals surface area contributed by atoms with Gasteiger partial charge >= 0.3 is 5.97 Å². The van der Waals surface area contributed by atoms with Crippen molar-refractivity contribution < 1.29 is 18.8 Å². The molecule has 0 saturated carbocycles. The molecule has 0 aliphatic carbocycles. The Morgan fingerprint density at radius 2 is 1.83 bits per heavy atom. The third kappa shape index (κ3) is 5.42. The van der Waals surface area contributed by atoms with Gasteiger partial charge in [0.15, 0.2) is 5.82 Å². The highest BCUT2D eigenvalue weighted by Gasteiger charge is 2.38. The number of benzene rings is 2. The maximum Gasteiger partial charge on any atom is 0.336 e. The van der Waals surface area contributed by atoms with Gasteiger partial charge in [-0.1, -0.05) is 70.8 Å². The molecule has 3 aromatic rings. The van der Waals surface area contributed by atoms with Crippen molar-refractivity contribution in [1.82, 2.24) is 15.5 Å². The molecule has 2 heterocycles. The number of carbonyl (C=O) groups excluding carboxylic acids is 1. The largest absolute Gasteiger partial charge is 0.460 e. The van der Waals surface area contributed by atoms with Gasteiger partial charge in [-0.05, 0) is 31.0 Å². The normalized spacial score (nSPS) is 15.9. The molecule has 0 bridgehead atoms. The predicted octanol–water partition coefficient (Wildman–Crippen LogP) is 5.55. The molecular weight excluding hydrogens is 489 g/mol. The summed E-state index contributed by atoms with van der Waals surface area (Å²) in [5, 5.41) is 8.16. The molecule has 1 aromatic heterocycles. The number of halogens is 2. The van der Waals surface area contributed by atoms with E-state index in [2.05, 4.69) is 15.5 Å². The molecule has 9 heteroatoms. The minimum atomic E-state index is -0.637. The van der Waals surface area contributed by atoms with Crippen LogP contribution in [0.1, 0.15) is 42.6 Å². The Labute approximate surface area is 213 Å². The first kappa shape index (κ1) is 25.0. The molecule has 35 heavy (non-hydrogen) atoms. The van der Waals surface area contributed by atoms with Crippen LogP contribution in [0.5, 0.6) is 0 Å². The second-order valence-corrected chi connectivity index (χ2v) is 8.87. The Bertz CT molecular complexity index is 1280. The highest BCUT2D eigenvalue weighted by Crippen LogP contribution is 2.46. The van der Waals surface area contributed by atoms with Crippen molar-refractivity contribution in [2.45, 2.75) is 26.2 Å². The number of methoxy groups -OCH3 is 1. The second kappa shape index (κ2) is 11.1. The van der Waals surface area contributed by atoms with Crippen molar-refractivity contribution in [3.63, 3.8) is 0 Å². The fourth-order valence-corrected chi connectivity index (χ4v) is 4.53. The molecule has 1 aliphatic heterocycles. The molecule has 0 spiro atoms. The minimum absolute atomic E-state index is 0.113. The molecule has 0 amide bonds. The van der Waals surface area contributed by atoms with E-state index < -0.39 is 11.9 Å². The van der Waals surface area contributed by atoms with E-state index in [9.17, 15) is 4.79 Å². The zero-order chi connectivity index (χ0) is 24.9. The Kier molecular flexibility index (Phi) is 7.90. The highest BCUT2D eigenvalue weighted by molar-refractivity contribution is 6.42. The molecule has 1 atom stereocenters. The van der Waals surface area contributed by atoms with Crippen LogP contribution in [0.4, 0.5) is 0 Å². The van der Waals surface area contributed by atoms with E-state index in [-0.39, 0.29) is 19.1 Å². The first-order chi connectivity index (χ1) is 16.9. The fourth-order valence-electron chi connectivity index (χ4n) is 4.11. The lowest BCUT2D eigenvalue weighted by atomic mass is 9.80. The lowest BCUT2D eigenvalue weighted by molar-refractivity contribution is -0.140.